The second-order valence-electron chi connectivity index (χ2n) is 8.95. The summed E-state index contributed by atoms with van der Waals surface area (Å²) in [5.74, 6) is -0.184. The fraction of sp³-hybridized carbons (Fsp3) is 0.462. The van der Waals surface area contributed by atoms with Crippen LogP contribution in [0.4, 0.5) is 4.39 Å². The molecule has 2 fully saturated rings. The lowest BCUT2D eigenvalue weighted by Crippen LogP contribution is -2.51. The zero-order valence-electron chi connectivity index (χ0n) is 17.7. The van der Waals surface area contributed by atoms with Gasteiger partial charge in [0, 0.05) is 60.9 Å². The number of nitrogens with one attached hydrogen (secondary N) is 1. The number of aromatic nitrogens is 1. The van der Waals surface area contributed by atoms with Gasteiger partial charge in [0.05, 0.1) is 0 Å². The van der Waals surface area contributed by atoms with Crippen molar-refractivity contribution in [3.8, 4) is 11.3 Å². The average molecular weight is 406 g/mol. The van der Waals surface area contributed by atoms with Crippen LogP contribution in [0.2, 0.25) is 0 Å². The molecule has 3 aromatic rings. The Bertz CT molecular complexity index is 981. The molecule has 2 heterocycles. The van der Waals surface area contributed by atoms with E-state index in [-0.39, 0.29) is 5.82 Å². The van der Waals surface area contributed by atoms with Crippen molar-refractivity contribution in [2.45, 2.75) is 44.6 Å². The molecule has 4 heteroatoms. The average Bonchev–Trinajstić information content (AvgIpc) is 3.17. The number of fused-ring (bicyclic) bond motifs is 1. The largest absolute Gasteiger partial charge is 0.354 e. The van der Waals surface area contributed by atoms with Gasteiger partial charge in [0.2, 0.25) is 0 Å². The molecule has 1 aliphatic heterocycles. The third-order valence-electron chi connectivity index (χ3n) is 7.10. The highest BCUT2D eigenvalue weighted by atomic mass is 19.1. The van der Waals surface area contributed by atoms with E-state index < -0.39 is 0 Å². The second kappa shape index (κ2) is 8.91. The van der Waals surface area contributed by atoms with Crippen molar-refractivity contribution in [3.63, 3.8) is 0 Å². The number of hydrogen-bond donors (Lipinski definition) is 1. The van der Waals surface area contributed by atoms with Crippen molar-refractivity contribution in [1.82, 2.24) is 14.8 Å². The van der Waals surface area contributed by atoms with Crippen LogP contribution in [0, 0.1) is 5.82 Å². The number of H-pyrrole nitrogens is 1. The van der Waals surface area contributed by atoms with Gasteiger partial charge in [0.1, 0.15) is 5.82 Å². The lowest BCUT2D eigenvalue weighted by Gasteiger charge is -2.40. The molecule has 1 aromatic heterocycles. The SMILES string of the molecule is Fc1cccc(-c2[nH]c3ccccc3c2CCN2CCN(C3CCCCC3)CC2)c1. The summed E-state index contributed by atoms with van der Waals surface area (Å²) in [4.78, 5) is 8.90. The van der Waals surface area contributed by atoms with Gasteiger partial charge in [-0.05, 0) is 43.0 Å². The third kappa shape index (κ3) is 4.17. The molecule has 30 heavy (non-hydrogen) atoms. The summed E-state index contributed by atoms with van der Waals surface area (Å²) in [5.41, 5.74) is 4.44. The maximum Gasteiger partial charge on any atom is 0.123 e. The summed E-state index contributed by atoms with van der Waals surface area (Å²) in [6, 6.07) is 16.2. The zero-order valence-corrected chi connectivity index (χ0v) is 17.7. The number of benzene rings is 2. The zero-order chi connectivity index (χ0) is 20.3. The smallest absolute Gasteiger partial charge is 0.123 e. The minimum atomic E-state index is -0.184. The first-order valence-electron chi connectivity index (χ1n) is 11.6. The Kier molecular flexibility index (Phi) is 5.87. The van der Waals surface area contributed by atoms with Crippen molar-refractivity contribution >= 4 is 10.9 Å². The Balaban J connectivity index is 1.29. The van der Waals surface area contributed by atoms with Crippen LogP contribution in [-0.4, -0.2) is 53.5 Å². The van der Waals surface area contributed by atoms with Crippen LogP contribution in [0.3, 0.4) is 0 Å². The van der Waals surface area contributed by atoms with E-state index in [9.17, 15) is 4.39 Å². The minimum Gasteiger partial charge on any atom is -0.354 e. The maximum absolute atomic E-state index is 13.9. The van der Waals surface area contributed by atoms with Gasteiger partial charge in [-0.15, -0.1) is 0 Å². The number of para-hydroxylation sites is 1. The molecular weight excluding hydrogens is 373 g/mol. The van der Waals surface area contributed by atoms with Crippen LogP contribution in [0.15, 0.2) is 48.5 Å². The quantitative estimate of drug-likeness (QED) is 0.608. The van der Waals surface area contributed by atoms with Gasteiger partial charge in [0.15, 0.2) is 0 Å². The van der Waals surface area contributed by atoms with E-state index in [2.05, 4.69) is 39.0 Å². The topological polar surface area (TPSA) is 22.3 Å². The molecule has 2 aromatic carbocycles. The van der Waals surface area contributed by atoms with E-state index in [0.717, 1.165) is 48.9 Å². The molecule has 1 N–H and O–H groups in total. The van der Waals surface area contributed by atoms with E-state index in [1.807, 2.05) is 6.07 Å². The van der Waals surface area contributed by atoms with E-state index in [4.69, 9.17) is 0 Å². The van der Waals surface area contributed by atoms with Gasteiger partial charge in [-0.2, -0.15) is 0 Å². The van der Waals surface area contributed by atoms with Crippen molar-refractivity contribution < 1.29 is 4.39 Å². The third-order valence-corrected chi connectivity index (χ3v) is 7.10. The molecule has 2 aliphatic rings. The van der Waals surface area contributed by atoms with Crippen LogP contribution in [0.1, 0.15) is 37.7 Å². The molecule has 3 nitrogen and oxygen atoms in total. The van der Waals surface area contributed by atoms with Gasteiger partial charge in [0.25, 0.3) is 0 Å². The van der Waals surface area contributed by atoms with Gasteiger partial charge in [-0.25, -0.2) is 4.39 Å². The normalized spacial score (nSPS) is 19.5. The minimum absolute atomic E-state index is 0.184. The Labute approximate surface area is 178 Å². The predicted molar refractivity (Wildman–Crippen MR) is 122 cm³/mol. The highest BCUT2D eigenvalue weighted by molar-refractivity contribution is 5.90. The van der Waals surface area contributed by atoms with Crippen LogP contribution >= 0.6 is 0 Å². The van der Waals surface area contributed by atoms with E-state index in [0.29, 0.717) is 0 Å². The monoisotopic (exact) mass is 405 g/mol. The summed E-state index contributed by atoms with van der Waals surface area (Å²) in [7, 11) is 0. The molecule has 1 aliphatic carbocycles. The van der Waals surface area contributed by atoms with Crippen LogP contribution in [0.25, 0.3) is 22.2 Å². The van der Waals surface area contributed by atoms with E-state index in [1.54, 1.807) is 12.1 Å². The highest BCUT2D eigenvalue weighted by Crippen LogP contribution is 2.31. The fourth-order valence-corrected chi connectivity index (χ4v) is 5.42. The number of nitrogens with zero attached hydrogens (tertiary/aromatic N) is 2. The van der Waals surface area contributed by atoms with Crippen LogP contribution in [0.5, 0.6) is 0 Å². The summed E-state index contributed by atoms with van der Waals surface area (Å²) in [6.45, 7) is 5.79. The Morgan fingerprint density at radius 1 is 0.900 bits per heavy atom. The standard InChI is InChI=1S/C26H32FN3/c27-21-8-6-7-20(19-21)26-24(23-11-4-5-12-25(23)28-26)13-14-29-15-17-30(18-16-29)22-9-2-1-3-10-22/h4-8,11-12,19,22,28H,1-3,9-10,13-18H2. The first-order chi connectivity index (χ1) is 14.8. The number of aromatic amines is 1. The van der Waals surface area contributed by atoms with Crippen molar-refractivity contribution in [3.05, 3.63) is 59.9 Å². The number of piperazine rings is 1. The Morgan fingerprint density at radius 3 is 2.50 bits per heavy atom. The van der Waals surface area contributed by atoms with E-state index in [1.165, 1.54) is 62.2 Å². The summed E-state index contributed by atoms with van der Waals surface area (Å²) < 4.78 is 13.9. The lowest BCUT2D eigenvalue weighted by atomic mass is 9.94. The fourth-order valence-electron chi connectivity index (χ4n) is 5.42. The highest BCUT2D eigenvalue weighted by Gasteiger charge is 2.25. The molecule has 158 valence electrons. The molecule has 0 spiro atoms. The van der Waals surface area contributed by atoms with Crippen molar-refractivity contribution in [1.29, 1.82) is 0 Å². The molecule has 1 saturated heterocycles. The van der Waals surface area contributed by atoms with Gasteiger partial charge in [-0.1, -0.05) is 49.6 Å². The van der Waals surface area contributed by atoms with Crippen molar-refractivity contribution in [2.75, 3.05) is 32.7 Å². The van der Waals surface area contributed by atoms with Gasteiger partial charge in [-0.3, -0.25) is 4.90 Å². The maximum atomic E-state index is 13.9. The summed E-state index contributed by atoms with van der Waals surface area (Å²) in [6.07, 6.45) is 8.02. The Hall–Kier alpha value is -2.17. The van der Waals surface area contributed by atoms with Crippen LogP contribution < -0.4 is 0 Å². The van der Waals surface area contributed by atoms with E-state index >= 15 is 0 Å². The molecule has 5 rings (SSSR count). The first-order valence-corrected chi connectivity index (χ1v) is 11.6. The molecule has 1 saturated carbocycles. The van der Waals surface area contributed by atoms with Crippen molar-refractivity contribution in [2.24, 2.45) is 0 Å². The molecule has 0 unspecified atom stereocenters. The molecule has 0 amide bonds. The lowest BCUT2D eigenvalue weighted by molar-refractivity contribution is 0.0796. The molecule has 0 bridgehead atoms. The van der Waals surface area contributed by atoms with Gasteiger partial charge >= 0.3 is 0 Å². The Morgan fingerprint density at radius 2 is 1.70 bits per heavy atom. The molecular formula is C26H32FN3. The predicted octanol–water partition coefficient (Wildman–Crippen LogP) is 5.47. The summed E-state index contributed by atoms with van der Waals surface area (Å²) >= 11 is 0. The first kappa shape index (κ1) is 19.8. The molecule has 0 radical (unpaired) electrons. The van der Waals surface area contributed by atoms with Crippen LogP contribution in [-0.2, 0) is 6.42 Å². The number of hydrogen-bond acceptors (Lipinski definition) is 2. The number of rotatable bonds is 5. The second-order valence-corrected chi connectivity index (χ2v) is 8.95. The summed E-state index contributed by atoms with van der Waals surface area (Å²) in [5, 5.41) is 1.26. The number of halogens is 1. The van der Waals surface area contributed by atoms with Gasteiger partial charge < -0.3 is 9.88 Å². The molecule has 0 atom stereocenters.